The van der Waals surface area contributed by atoms with Gasteiger partial charge in [0.1, 0.15) is 11.3 Å². The molecule has 3 aromatic rings. The number of aromatic nitrogens is 3. The van der Waals surface area contributed by atoms with E-state index in [1.807, 2.05) is 18.2 Å². The Hall–Kier alpha value is -2.24. The molecule has 0 amide bonds. The summed E-state index contributed by atoms with van der Waals surface area (Å²) in [4.78, 5) is 12.3. The monoisotopic (exact) mass is 437 g/mol. The molecule has 4 rings (SSSR count). The molecule has 11 heteroatoms. The Morgan fingerprint density at radius 3 is 2.76 bits per heavy atom. The van der Waals surface area contributed by atoms with Crippen LogP contribution in [0.4, 0.5) is 5.82 Å². The van der Waals surface area contributed by atoms with Crippen LogP contribution in [-0.4, -0.2) is 47.2 Å². The van der Waals surface area contributed by atoms with Crippen LogP contribution in [0, 0.1) is 5.92 Å². The largest absolute Gasteiger partial charge is 0.393 e. The maximum atomic E-state index is 11.0. The molecule has 0 spiro atoms. The SMILES string of the molecule is NS(=O)(=O)OC[C@@H]1C[C@@H](Nc2nccc3[nH]c(-c4ccc(Cl)cc4)nc23)C[C@@H]1O. The molecule has 9 nitrogen and oxygen atoms in total. The van der Waals surface area contributed by atoms with Crippen LogP contribution in [-0.2, 0) is 14.5 Å². The molecule has 1 aliphatic carbocycles. The first kappa shape index (κ1) is 20.0. The van der Waals surface area contributed by atoms with Gasteiger partial charge >= 0.3 is 10.3 Å². The van der Waals surface area contributed by atoms with E-state index in [0.29, 0.717) is 35.0 Å². The summed E-state index contributed by atoms with van der Waals surface area (Å²) in [6.45, 7) is -0.154. The van der Waals surface area contributed by atoms with Crippen molar-refractivity contribution in [3.8, 4) is 11.4 Å². The summed E-state index contributed by atoms with van der Waals surface area (Å²) >= 11 is 5.95. The van der Waals surface area contributed by atoms with E-state index in [4.69, 9.17) is 16.7 Å². The van der Waals surface area contributed by atoms with Gasteiger partial charge in [0.25, 0.3) is 0 Å². The summed E-state index contributed by atoms with van der Waals surface area (Å²) in [6, 6.07) is 9.08. The Bertz CT molecular complexity index is 1120. The van der Waals surface area contributed by atoms with Crippen LogP contribution in [0.5, 0.6) is 0 Å². The quantitative estimate of drug-likeness (QED) is 0.462. The Labute approximate surface area is 172 Å². The molecule has 0 bridgehead atoms. The number of aromatic amines is 1. The maximum absolute atomic E-state index is 11.0. The molecule has 2 heterocycles. The molecule has 0 radical (unpaired) electrons. The van der Waals surface area contributed by atoms with Gasteiger partial charge < -0.3 is 15.4 Å². The van der Waals surface area contributed by atoms with E-state index in [1.54, 1.807) is 18.3 Å². The number of rotatable bonds is 6. The number of fused-ring (bicyclic) bond motifs is 1. The number of aliphatic hydroxyl groups is 1. The Kier molecular flexibility index (Phi) is 5.45. The number of imidazole rings is 1. The number of hydrogen-bond acceptors (Lipinski definition) is 7. The van der Waals surface area contributed by atoms with E-state index >= 15 is 0 Å². The van der Waals surface area contributed by atoms with E-state index in [0.717, 1.165) is 11.1 Å². The predicted octanol–water partition coefficient (Wildman–Crippen LogP) is 2.05. The average Bonchev–Trinajstić information content (AvgIpc) is 3.24. The topological polar surface area (TPSA) is 143 Å². The lowest BCUT2D eigenvalue weighted by Crippen LogP contribution is -2.24. The van der Waals surface area contributed by atoms with Crippen molar-refractivity contribution in [3.63, 3.8) is 0 Å². The smallest absolute Gasteiger partial charge is 0.333 e. The van der Waals surface area contributed by atoms with Crippen LogP contribution < -0.4 is 10.5 Å². The number of nitrogens with zero attached hydrogens (tertiary/aromatic N) is 2. The van der Waals surface area contributed by atoms with Crippen molar-refractivity contribution in [2.75, 3.05) is 11.9 Å². The van der Waals surface area contributed by atoms with Gasteiger partial charge in [-0.3, -0.25) is 4.18 Å². The predicted molar refractivity (Wildman–Crippen MR) is 110 cm³/mol. The van der Waals surface area contributed by atoms with Crippen molar-refractivity contribution < 1.29 is 17.7 Å². The molecule has 1 saturated carbocycles. The summed E-state index contributed by atoms with van der Waals surface area (Å²) in [5.41, 5.74) is 2.39. The molecular weight excluding hydrogens is 418 g/mol. The van der Waals surface area contributed by atoms with E-state index in [9.17, 15) is 13.5 Å². The normalized spacial score (nSPS) is 22.2. The maximum Gasteiger partial charge on any atom is 0.333 e. The highest BCUT2D eigenvalue weighted by molar-refractivity contribution is 7.84. The highest BCUT2D eigenvalue weighted by atomic mass is 35.5. The van der Waals surface area contributed by atoms with Crippen molar-refractivity contribution in [1.82, 2.24) is 15.0 Å². The van der Waals surface area contributed by atoms with E-state index < -0.39 is 16.4 Å². The standard InChI is InChI=1S/C18H20ClN5O4S/c19-12-3-1-10(2-4-12)17-23-14-5-6-21-18(16(14)24-17)22-13-7-11(15(25)8-13)9-28-29(20,26)27/h1-6,11,13,15,25H,7-9H2,(H,21,22)(H,23,24)(H2,20,26,27)/t11-,13+,15-/m0/s1. The third-order valence-corrected chi connectivity index (χ3v) is 5.68. The second-order valence-corrected chi connectivity index (χ2v) is 8.72. The number of pyridine rings is 1. The first-order chi connectivity index (χ1) is 13.8. The number of halogens is 1. The van der Waals surface area contributed by atoms with Crippen molar-refractivity contribution in [2.45, 2.75) is 25.0 Å². The van der Waals surface area contributed by atoms with Gasteiger partial charge in [-0.2, -0.15) is 8.42 Å². The molecule has 0 unspecified atom stereocenters. The number of aliphatic hydroxyl groups excluding tert-OH is 1. The van der Waals surface area contributed by atoms with Gasteiger partial charge in [-0.25, -0.2) is 15.1 Å². The van der Waals surface area contributed by atoms with Crippen LogP contribution >= 0.6 is 11.6 Å². The van der Waals surface area contributed by atoms with Gasteiger partial charge in [-0.05, 0) is 43.2 Å². The summed E-state index contributed by atoms with van der Waals surface area (Å²) in [5, 5.41) is 19.0. The molecule has 1 aliphatic rings. The molecule has 1 fully saturated rings. The zero-order valence-corrected chi connectivity index (χ0v) is 16.8. The van der Waals surface area contributed by atoms with Gasteiger partial charge in [0.15, 0.2) is 5.82 Å². The lowest BCUT2D eigenvalue weighted by Gasteiger charge is -2.14. The summed E-state index contributed by atoms with van der Waals surface area (Å²) in [7, 11) is -4.03. The summed E-state index contributed by atoms with van der Waals surface area (Å²) < 4.78 is 26.6. The van der Waals surface area contributed by atoms with Gasteiger partial charge in [0.05, 0.1) is 18.2 Å². The minimum absolute atomic E-state index is 0.104. The number of anilines is 1. The molecule has 2 aromatic heterocycles. The molecule has 29 heavy (non-hydrogen) atoms. The van der Waals surface area contributed by atoms with Crippen molar-refractivity contribution >= 4 is 38.8 Å². The number of hydrogen-bond donors (Lipinski definition) is 4. The van der Waals surface area contributed by atoms with Gasteiger partial charge in [0.2, 0.25) is 0 Å². The fourth-order valence-electron chi connectivity index (χ4n) is 3.56. The minimum Gasteiger partial charge on any atom is -0.393 e. The van der Waals surface area contributed by atoms with Crippen LogP contribution in [0.1, 0.15) is 12.8 Å². The average molecular weight is 438 g/mol. The van der Waals surface area contributed by atoms with Crippen LogP contribution in [0.3, 0.4) is 0 Å². The van der Waals surface area contributed by atoms with Crippen molar-refractivity contribution in [2.24, 2.45) is 11.1 Å². The lowest BCUT2D eigenvalue weighted by molar-refractivity contribution is 0.101. The van der Waals surface area contributed by atoms with Crippen LogP contribution in [0.15, 0.2) is 36.5 Å². The fraction of sp³-hybridized carbons (Fsp3) is 0.333. The first-order valence-electron chi connectivity index (χ1n) is 9.01. The molecule has 0 aliphatic heterocycles. The summed E-state index contributed by atoms with van der Waals surface area (Å²) in [6.07, 6.45) is 1.92. The van der Waals surface area contributed by atoms with E-state index in [-0.39, 0.29) is 18.6 Å². The molecule has 0 saturated heterocycles. The number of nitrogens with two attached hydrogens (primary N) is 1. The second kappa shape index (κ2) is 7.88. The van der Waals surface area contributed by atoms with Crippen LogP contribution in [0.2, 0.25) is 5.02 Å². The van der Waals surface area contributed by atoms with Crippen LogP contribution in [0.25, 0.3) is 22.4 Å². The fourth-order valence-corrected chi connectivity index (χ4v) is 4.05. The summed E-state index contributed by atoms with van der Waals surface area (Å²) in [5.74, 6) is 0.941. The highest BCUT2D eigenvalue weighted by Gasteiger charge is 2.34. The Morgan fingerprint density at radius 1 is 1.28 bits per heavy atom. The molecule has 154 valence electrons. The van der Waals surface area contributed by atoms with Gasteiger partial charge in [-0.15, -0.1) is 0 Å². The second-order valence-electron chi connectivity index (χ2n) is 7.07. The zero-order chi connectivity index (χ0) is 20.6. The third-order valence-electron chi connectivity index (χ3n) is 4.96. The molecular formula is C18H20ClN5O4S. The number of nitrogens with one attached hydrogen (secondary N) is 2. The third kappa shape index (κ3) is 4.68. The lowest BCUT2D eigenvalue weighted by atomic mass is 10.1. The molecule has 1 aromatic carbocycles. The van der Waals surface area contributed by atoms with Crippen molar-refractivity contribution in [1.29, 1.82) is 0 Å². The Morgan fingerprint density at radius 2 is 2.03 bits per heavy atom. The first-order valence-corrected chi connectivity index (χ1v) is 10.9. The van der Waals surface area contributed by atoms with Crippen molar-refractivity contribution in [3.05, 3.63) is 41.6 Å². The van der Waals surface area contributed by atoms with Gasteiger partial charge in [-0.1, -0.05) is 11.6 Å². The van der Waals surface area contributed by atoms with E-state index in [1.165, 1.54) is 0 Å². The Balaban J connectivity index is 1.52. The number of benzene rings is 1. The highest BCUT2D eigenvalue weighted by Crippen LogP contribution is 2.31. The molecule has 3 atom stereocenters. The minimum atomic E-state index is -4.03. The zero-order valence-electron chi connectivity index (χ0n) is 15.2. The number of H-pyrrole nitrogens is 1. The van der Waals surface area contributed by atoms with E-state index in [2.05, 4.69) is 24.5 Å². The molecule has 5 N–H and O–H groups in total. The van der Waals surface area contributed by atoms with Gasteiger partial charge in [0, 0.05) is 28.7 Å².